The van der Waals surface area contributed by atoms with Gasteiger partial charge in [-0.1, -0.05) is 0 Å². The van der Waals surface area contributed by atoms with Crippen LogP contribution in [0.1, 0.15) is 11.1 Å². The van der Waals surface area contributed by atoms with Crippen LogP contribution in [-0.2, 0) is 14.8 Å². The second kappa shape index (κ2) is 7.50. The van der Waals surface area contributed by atoms with Gasteiger partial charge in [0.2, 0.25) is 10.0 Å². The molecule has 10 heteroatoms. The minimum atomic E-state index is -3.90. The molecule has 0 aliphatic heterocycles. The summed E-state index contributed by atoms with van der Waals surface area (Å²) >= 11 is 0. The number of aryl methyl sites for hydroxylation is 1. The Labute approximate surface area is 150 Å². The Kier molecular flexibility index (Phi) is 5.58. The van der Waals surface area contributed by atoms with Gasteiger partial charge in [-0.3, -0.25) is 14.9 Å². The van der Waals surface area contributed by atoms with Crippen molar-refractivity contribution in [1.82, 2.24) is 0 Å². The predicted molar refractivity (Wildman–Crippen MR) is 94.5 cm³/mol. The molecule has 0 aliphatic rings. The van der Waals surface area contributed by atoms with Crippen LogP contribution in [0.3, 0.4) is 0 Å². The number of rotatable bonds is 6. The lowest BCUT2D eigenvalue weighted by Crippen LogP contribution is -2.21. The van der Waals surface area contributed by atoms with Crippen molar-refractivity contribution in [3.05, 3.63) is 57.6 Å². The fourth-order valence-electron chi connectivity index (χ4n) is 2.12. The maximum absolute atomic E-state index is 12.1. The number of hydrogen-bond donors (Lipinski definition) is 2. The summed E-state index contributed by atoms with van der Waals surface area (Å²) in [6.45, 7) is 3.08. The van der Waals surface area contributed by atoms with E-state index in [-0.39, 0.29) is 22.9 Å². The Balaban J connectivity index is 2.08. The van der Waals surface area contributed by atoms with E-state index in [1.165, 1.54) is 36.4 Å². The third-order valence-corrected chi connectivity index (χ3v) is 4.55. The Morgan fingerprint density at radius 3 is 2.38 bits per heavy atom. The largest absolute Gasteiger partial charge is 0.484 e. The molecule has 0 fully saturated rings. The summed E-state index contributed by atoms with van der Waals surface area (Å²) in [6.07, 6.45) is 0. The van der Waals surface area contributed by atoms with Crippen LogP contribution in [-0.4, -0.2) is 25.9 Å². The molecule has 2 rings (SSSR count). The van der Waals surface area contributed by atoms with E-state index >= 15 is 0 Å². The monoisotopic (exact) mass is 379 g/mol. The number of primary sulfonamides is 1. The van der Waals surface area contributed by atoms with Crippen molar-refractivity contribution in [1.29, 1.82) is 0 Å². The van der Waals surface area contributed by atoms with E-state index in [2.05, 4.69) is 5.32 Å². The number of nitro benzene ring substituents is 1. The third-order valence-electron chi connectivity index (χ3n) is 3.66. The molecule has 2 aromatic rings. The van der Waals surface area contributed by atoms with Gasteiger partial charge >= 0.3 is 0 Å². The van der Waals surface area contributed by atoms with E-state index in [0.717, 1.165) is 0 Å². The number of nitrogens with one attached hydrogen (secondary N) is 1. The lowest BCUT2D eigenvalue weighted by atomic mass is 10.1. The number of benzene rings is 2. The van der Waals surface area contributed by atoms with Crippen LogP contribution >= 0.6 is 0 Å². The molecular formula is C16H17N3O6S. The molecule has 2 aromatic carbocycles. The summed E-state index contributed by atoms with van der Waals surface area (Å²) in [4.78, 5) is 22.0. The predicted octanol–water partition coefficient (Wildman–Crippen LogP) is 1.88. The first-order valence-corrected chi connectivity index (χ1v) is 8.93. The quantitative estimate of drug-likeness (QED) is 0.580. The minimum absolute atomic E-state index is 0.0901. The number of nitro groups is 1. The van der Waals surface area contributed by atoms with Gasteiger partial charge in [0.15, 0.2) is 6.61 Å². The van der Waals surface area contributed by atoms with E-state index < -0.39 is 20.9 Å². The van der Waals surface area contributed by atoms with Crippen molar-refractivity contribution in [2.24, 2.45) is 5.14 Å². The van der Waals surface area contributed by atoms with E-state index in [0.29, 0.717) is 16.8 Å². The van der Waals surface area contributed by atoms with Crippen molar-refractivity contribution >= 4 is 27.3 Å². The number of amides is 1. The number of carbonyl (C=O) groups excluding carboxylic acids is 1. The Bertz CT molecular complexity index is 955. The van der Waals surface area contributed by atoms with Crippen LogP contribution in [0.25, 0.3) is 0 Å². The summed E-state index contributed by atoms with van der Waals surface area (Å²) in [5.74, 6) is -0.227. The molecule has 0 radical (unpaired) electrons. The Hall–Kier alpha value is -2.98. The van der Waals surface area contributed by atoms with Gasteiger partial charge in [0.25, 0.3) is 11.6 Å². The maximum atomic E-state index is 12.1. The van der Waals surface area contributed by atoms with Gasteiger partial charge in [-0.2, -0.15) is 0 Å². The molecule has 0 spiro atoms. The average Bonchev–Trinajstić information content (AvgIpc) is 2.56. The first-order chi connectivity index (χ1) is 12.1. The molecule has 26 heavy (non-hydrogen) atoms. The van der Waals surface area contributed by atoms with Crippen LogP contribution in [0.15, 0.2) is 41.3 Å². The highest BCUT2D eigenvalue weighted by Crippen LogP contribution is 2.23. The molecule has 0 heterocycles. The first kappa shape index (κ1) is 19.3. The van der Waals surface area contributed by atoms with Crippen molar-refractivity contribution in [3.63, 3.8) is 0 Å². The molecule has 138 valence electrons. The molecule has 0 atom stereocenters. The lowest BCUT2D eigenvalue weighted by Gasteiger charge is -2.13. The standard InChI is InChI=1S/C16H17N3O6S/c1-10-7-14(26(17,23)24)8-15(11(10)2)18-16(20)9-25-13-5-3-12(4-6-13)19(21)22/h3-8H,9H2,1-2H3,(H,18,20)(H2,17,23,24). The number of nitrogens with zero attached hydrogens (tertiary/aromatic N) is 1. The van der Waals surface area contributed by atoms with Crippen LogP contribution in [0, 0.1) is 24.0 Å². The zero-order valence-electron chi connectivity index (χ0n) is 14.1. The highest BCUT2D eigenvalue weighted by Gasteiger charge is 2.14. The van der Waals surface area contributed by atoms with E-state index in [4.69, 9.17) is 9.88 Å². The van der Waals surface area contributed by atoms with Gasteiger partial charge < -0.3 is 10.1 Å². The summed E-state index contributed by atoms with van der Waals surface area (Å²) in [6, 6.07) is 7.98. The Morgan fingerprint density at radius 1 is 1.23 bits per heavy atom. The fraction of sp³-hybridized carbons (Fsp3) is 0.188. The molecule has 1 amide bonds. The van der Waals surface area contributed by atoms with Crippen LogP contribution < -0.4 is 15.2 Å². The van der Waals surface area contributed by atoms with Gasteiger partial charge in [-0.25, -0.2) is 13.6 Å². The highest BCUT2D eigenvalue weighted by atomic mass is 32.2. The van der Waals surface area contributed by atoms with E-state index in [1.807, 2.05) is 0 Å². The maximum Gasteiger partial charge on any atom is 0.269 e. The summed E-state index contributed by atoms with van der Waals surface area (Å²) in [5, 5.41) is 18.3. The topological polar surface area (TPSA) is 142 Å². The minimum Gasteiger partial charge on any atom is -0.484 e. The number of ether oxygens (including phenoxy) is 1. The third kappa shape index (κ3) is 4.77. The summed E-state index contributed by atoms with van der Waals surface area (Å²) < 4.78 is 28.3. The van der Waals surface area contributed by atoms with Gasteiger partial charge in [0.05, 0.1) is 9.82 Å². The lowest BCUT2D eigenvalue weighted by molar-refractivity contribution is -0.384. The highest BCUT2D eigenvalue weighted by molar-refractivity contribution is 7.89. The number of anilines is 1. The molecule has 0 aromatic heterocycles. The second-order valence-corrected chi connectivity index (χ2v) is 7.11. The summed E-state index contributed by atoms with van der Waals surface area (Å²) in [7, 11) is -3.90. The van der Waals surface area contributed by atoms with Gasteiger partial charge in [-0.15, -0.1) is 0 Å². The molecular weight excluding hydrogens is 362 g/mol. The number of nitrogens with two attached hydrogens (primary N) is 1. The number of hydrogen-bond acceptors (Lipinski definition) is 6. The van der Waals surface area contributed by atoms with E-state index in [9.17, 15) is 23.3 Å². The average molecular weight is 379 g/mol. The molecule has 0 saturated heterocycles. The smallest absolute Gasteiger partial charge is 0.269 e. The first-order valence-electron chi connectivity index (χ1n) is 7.39. The molecule has 0 unspecified atom stereocenters. The Morgan fingerprint density at radius 2 is 1.85 bits per heavy atom. The van der Waals surface area contributed by atoms with Gasteiger partial charge in [0, 0.05) is 17.8 Å². The van der Waals surface area contributed by atoms with Crippen molar-refractivity contribution in [2.75, 3.05) is 11.9 Å². The normalized spacial score (nSPS) is 11.0. The molecule has 3 N–H and O–H groups in total. The zero-order chi connectivity index (χ0) is 19.5. The molecule has 0 saturated carbocycles. The summed E-state index contributed by atoms with van der Waals surface area (Å²) in [5.41, 5.74) is 1.57. The van der Waals surface area contributed by atoms with Crippen LogP contribution in [0.5, 0.6) is 5.75 Å². The van der Waals surface area contributed by atoms with Gasteiger partial charge in [-0.05, 0) is 49.2 Å². The molecule has 0 bridgehead atoms. The molecule has 0 aliphatic carbocycles. The number of non-ortho nitro benzene ring substituents is 1. The van der Waals surface area contributed by atoms with Crippen molar-refractivity contribution in [2.45, 2.75) is 18.7 Å². The SMILES string of the molecule is Cc1cc(S(N)(=O)=O)cc(NC(=O)COc2ccc([N+](=O)[O-])cc2)c1C. The van der Waals surface area contributed by atoms with Crippen molar-refractivity contribution in [3.8, 4) is 5.75 Å². The second-order valence-electron chi connectivity index (χ2n) is 5.55. The fourth-order valence-corrected chi connectivity index (χ4v) is 2.74. The van der Waals surface area contributed by atoms with Crippen LogP contribution in [0.2, 0.25) is 0 Å². The van der Waals surface area contributed by atoms with Gasteiger partial charge in [0.1, 0.15) is 5.75 Å². The number of carbonyl (C=O) groups is 1. The van der Waals surface area contributed by atoms with Crippen molar-refractivity contribution < 1.29 is 22.9 Å². The zero-order valence-corrected chi connectivity index (χ0v) is 14.9. The van der Waals surface area contributed by atoms with Crippen LogP contribution in [0.4, 0.5) is 11.4 Å². The number of sulfonamides is 1. The van der Waals surface area contributed by atoms with E-state index in [1.54, 1.807) is 13.8 Å². The molecule has 9 nitrogen and oxygen atoms in total.